The van der Waals surface area contributed by atoms with Gasteiger partial charge < -0.3 is 9.47 Å². The standard InChI is InChI=1S/C9H13BrN2O3/c1-3-15-9(13)8-7(10)6-11-12(8)4-5-14-2/h6H,3-5H2,1-2H3. The van der Waals surface area contributed by atoms with Gasteiger partial charge in [-0.05, 0) is 22.9 Å². The van der Waals surface area contributed by atoms with Crippen molar-refractivity contribution in [3.05, 3.63) is 16.4 Å². The minimum atomic E-state index is -0.377. The second-order valence-electron chi connectivity index (χ2n) is 2.78. The summed E-state index contributed by atoms with van der Waals surface area (Å²) < 4.78 is 12.0. The Hall–Kier alpha value is -0.880. The SMILES string of the molecule is CCOC(=O)c1c(Br)cnn1CCOC. The number of carbonyl (C=O) groups is 1. The van der Waals surface area contributed by atoms with Gasteiger partial charge in [0.2, 0.25) is 0 Å². The van der Waals surface area contributed by atoms with Gasteiger partial charge in [0.05, 0.1) is 30.4 Å². The number of carbonyl (C=O) groups excluding carboxylic acids is 1. The molecule has 0 spiro atoms. The Morgan fingerprint density at radius 3 is 3.00 bits per heavy atom. The largest absolute Gasteiger partial charge is 0.461 e. The van der Waals surface area contributed by atoms with Gasteiger partial charge in [0.1, 0.15) is 0 Å². The maximum Gasteiger partial charge on any atom is 0.357 e. The van der Waals surface area contributed by atoms with Gasteiger partial charge >= 0.3 is 5.97 Å². The lowest BCUT2D eigenvalue weighted by atomic mass is 10.4. The molecule has 84 valence electrons. The second kappa shape index (κ2) is 5.87. The van der Waals surface area contributed by atoms with E-state index < -0.39 is 0 Å². The fraction of sp³-hybridized carbons (Fsp3) is 0.556. The number of nitrogens with zero attached hydrogens (tertiary/aromatic N) is 2. The van der Waals surface area contributed by atoms with Crippen LogP contribution in [0.25, 0.3) is 0 Å². The summed E-state index contributed by atoms with van der Waals surface area (Å²) in [7, 11) is 1.60. The Labute approximate surface area is 96.5 Å². The van der Waals surface area contributed by atoms with Crippen LogP contribution in [-0.2, 0) is 16.0 Å². The van der Waals surface area contributed by atoms with Gasteiger partial charge in [0.15, 0.2) is 5.69 Å². The van der Waals surface area contributed by atoms with Gasteiger partial charge in [-0.15, -0.1) is 0 Å². The van der Waals surface area contributed by atoms with Crippen LogP contribution >= 0.6 is 15.9 Å². The molecule has 1 aromatic heterocycles. The zero-order valence-corrected chi connectivity index (χ0v) is 10.3. The van der Waals surface area contributed by atoms with E-state index in [9.17, 15) is 4.79 Å². The van der Waals surface area contributed by atoms with Crippen molar-refractivity contribution in [1.82, 2.24) is 9.78 Å². The molecule has 0 unspecified atom stereocenters. The maximum absolute atomic E-state index is 11.6. The number of halogens is 1. The van der Waals surface area contributed by atoms with E-state index in [1.807, 2.05) is 0 Å². The summed E-state index contributed by atoms with van der Waals surface area (Å²) in [4.78, 5) is 11.6. The summed E-state index contributed by atoms with van der Waals surface area (Å²) in [5, 5.41) is 4.05. The second-order valence-corrected chi connectivity index (χ2v) is 3.63. The number of hydrogen-bond donors (Lipinski definition) is 0. The highest BCUT2D eigenvalue weighted by atomic mass is 79.9. The Bertz CT molecular complexity index is 338. The molecule has 5 nitrogen and oxygen atoms in total. The monoisotopic (exact) mass is 276 g/mol. The molecule has 0 aliphatic carbocycles. The van der Waals surface area contributed by atoms with Gasteiger partial charge in [-0.3, -0.25) is 4.68 Å². The van der Waals surface area contributed by atoms with E-state index >= 15 is 0 Å². The van der Waals surface area contributed by atoms with Gasteiger partial charge in [-0.25, -0.2) is 4.79 Å². The van der Waals surface area contributed by atoms with E-state index in [1.54, 1.807) is 24.9 Å². The van der Waals surface area contributed by atoms with Crippen LogP contribution in [-0.4, -0.2) is 36.1 Å². The first-order chi connectivity index (χ1) is 7.20. The van der Waals surface area contributed by atoms with Crippen molar-refractivity contribution in [2.24, 2.45) is 0 Å². The number of esters is 1. The summed E-state index contributed by atoms with van der Waals surface area (Å²) in [5.74, 6) is -0.377. The number of hydrogen-bond acceptors (Lipinski definition) is 4. The molecule has 1 aromatic rings. The molecule has 1 heterocycles. The first-order valence-corrected chi connectivity index (χ1v) is 5.37. The van der Waals surface area contributed by atoms with Crippen molar-refractivity contribution in [3.63, 3.8) is 0 Å². The molecule has 0 saturated carbocycles. The summed E-state index contributed by atoms with van der Waals surface area (Å²) in [6.45, 7) is 3.14. The van der Waals surface area contributed by atoms with E-state index in [4.69, 9.17) is 9.47 Å². The number of aromatic nitrogens is 2. The molecule has 0 aliphatic rings. The summed E-state index contributed by atoms with van der Waals surface area (Å²) >= 11 is 3.25. The van der Waals surface area contributed by atoms with E-state index in [-0.39, 0.29) is 5.97 Å². The third kappa shape index (κ3) is 3.04. The average Bonchev–Trinajstić information content (AvgIpc) is 2.57. The highest BCUT2D eigenvalue weighted by molar-refractivity contribution is 9.10. The molecule has 0 radical (unpaired) electrons. The highest BCUT2D eigenvalue weighted by Crippen LogP contribution is 2.16. The molecule has 0 N–H and O–H groups in total. The molecule has 0 aliphatic heterocycles. The Morgan fingerprint density at radius 1 is 1.67 bits per heavy atom. The van der Waals surface area contributed by atoms with Crippen molar-refractivity contribution in [1.29, 1.82) is 0 Å². The van der Waals surface area contributed by atoms with Gasteiger partial charge in [0, 0.05) is 7.11 Å². The molecule has 15 heavy (non-hydrogen) atoms. The molecule has 1 rings (SSSR count). The molecule has 0 fully saturated rings. The zero-order valence-electron chi connectivity index (χ0n) is 8.70. The minimum Gasteiger partial charge on any atom is -0.461 e. The molecule has 0 bridgehead atoms. The summed E-state index contributed by atoms with van der Waals surface area (Å²) in [6.07, 6.45) is 1.57. The first-order valence-electron chi connectivity index (χ1n) is 4.58. The molecular formula is C9H13BrN2O3. The maximum atomic E-state index is 11.6. The van der Waals surface area contributed by atoms with Crippen molar-refractivity contribution in [2.75, 3.05) is 20.3 Å². The predicted octanol–water partition coefficient (Wildman–Crippen LogP) is 1.47. The number of ether oxygens (including phenoxy) is 2. The third-order valence-electron chi connectivity index (χ3n) is 1.77. The van der Waals surface area contributed by atoms with Crippen LogP contribution in [0.1, 0.15) is 17.4 Å². The third-order valence-corrected chi connectivity index (χ3v) is 2.35. The lowest BCUT2D eigenvalue weighted by molar-refractivity contribution is 0.0508. The Kier molecular flexibility index (Phi) is 4.77. The van der Waals surface area contributed by atoms with E-state index in [1.165, 1.54) is 0 Å². The molecule has 0 aromatic carbocycles. The van der Waals surface area contributed by atoms with Crippen LogP contribution in [0.15, 0.2) is 10.7 Å². The van der Waals surface area contributed by atoms with E-state index in [0.717, 1.165) is 0 Å². The van der Waals surface area contributed by atoms with Crippen LogP contribution in [0.3, 0.4) is 0 Å². The van der Waals surface area contributed by atoms with E-state index in [0.29, 0.717) is 29.9 Å². The van der Waals surface area contributed by atoms with Crippen molar-refractivity contribution in [3.8, 4) is 0 Å². The smallest absolute Gasteiger partial charge is 0.357 e. The van der Waals surface area contributed by atoms with Crippen LogP contribution < -0.4 is 0 Å². The van der Waals surface area contributed by atoms with Crippen LogP contribution in [0.2, 0.25) is 0 Å². The summed E-state index contributed by atoms with van der Waals surface area (Å²) in [5.41, 5.74) is 0.425. The first kappa shape index (κ1) is 12.2. The Morgan fingerprint density at radius 2 is 2.40 bits per heavy atom. The van der Waals surface area contributed by atoms with Crippen molar-refractivity contribution < 1.29 is 14.3 Å². The van der Waals surface area contributed by atoms with Crippen LogP contribution in [0.4, 0.5) is 0 Å². The predicted molar refractivity (Wildman–Crippen MR) is 57.8 cm³/mol. The van der Waals surface area contributed by atoms with Crippen molar-refractivity contribution in [2.45, 2.75) is 13.5 Å². The van der Waals surface area contributed by atoms with Gasteiger partial charge in [-0.1, -0.05) is 0 Å². The quantitative estimate of drug-likeness (QED) is 0.765. The normalized spacial score (nSPS) is 10.3. The van der Waals surface area contributed by atoms with Crippen LogP contribution in [0, 0.1) is 0 Å². The van der Waals surface area contributed by atoms with Crippen LogP contribution in [0.5, 0.6) is 0 Å². The topological polar surface area (TPSA) is 53.3 Å². The summed E-state index contributed by atoms with van der Waals surface area (Å²) in [6, 6.07) is 0. The number of methoxy groups -OCH3 is 1. The molecule has 0 atom stereocenters. The molecule has 0 saturated heterocycles. The average molecular weight is 277 g/mol. The van der Waals surface area contributed by atoms with E-state index in [2.05, 4.69) is 21.0 Å². The van der Waals surface area contributed by atoms with Gasteiger partial charge in [-0.2, -0.15) is 5.10 Å². The fourth-order valence-corrected chi connectivity index (χ4v) is 1.57. The number of rotatable bonds is 5. The minimum absolute atomic E-state index is 0.348. The molecule has 0 amide bonds. The Balaban J connectivity index is 2.83. The van der Waals surface area contributed by atoms with Gasteiger partial charge in [0.25, 0.3) is 0 Å². The highest BCUT2D eigenvalue weighted by Gasteiger charge is 2.17. The fourth-order valence-electron chi connectivity index (χ4n) is 1.11. The zero-order chi connectivity index (χ0) is 11.3. The molecular weight excluding hydrogens is 264 g/mol. The lowest BCUT2D eigenvalue weighted by Gasteiger charge is -2.06. The van der Waals surface area contributed by atoms with Crippen molar-refractivity contribution >= 4 is 21.9 Å². The lowest BCUT2D eigenvalue weighted by Crippen LogP contribution is -2.16. The molecule has 6 heteroatoms.